The minimum absolute atomic E-state index is 0.0893. The lowest BCUT2D eigenvalue weighted by Crippen LogP contribution is -2.12. The van der Waals surface area contributed by atoms with Crippen LogP contribution in [0.3, 0.4) is 0 Å². The average Bonchev–Trinajstić information content (AvgIpc) is 2.69. The van der Waals surface area contributed by atoms with Crippen LogP contribution in [-0.2, 0) is 0 Å². The molecule has 0 amide bonds. The fraction of sp³-hybridized carbons (Fsp3) is 0.231. The van der Waals surface area contributed by atoms with Crippen LogP contribution in [0.1, 0.15) is 28.3 Å². The Hall–Kier alpha value is -0.350. The first-order valence-corrected chi connectivity index (χ1v) is 7.30. The minimum Gasteiger partial charge on any atom is -0.320 e. The molecule has 0 aliphatic carbocycles. The molecular formula is C13H13BrClNS. The average molecular weight is 331 g/mol. The van der Waals surface area contributed by atoms with Gasteiger partial charge in [0.25, 0.3) is 0 Å². The molecule has 0 aliphatic heterocycles. The van der Waals surface area contributed by atoms with Gasteiger partial charge in [-0.2, -0.15) is 0 Å². The van der Waals surface area contributed by atoms with Crippen molar-refractivity contribution in [2.24, 2.45) is 5.73 Å². The second-order valence-corrected chi connectivity index (χ2v) is 6.82. The summed E-state index contributed by atoms with van der Waals surface area (Å²) in [6, 6.07) is 6.04. The van der Waals surface area contributed by atoms with Gasteiger partial charge in [-0.1, -0.05) is 17.7 Å². The highest BCUT2D eigenvalue weighted by molar-refractivity contribution is 9.11. The molecule has 1 unspecified atom stereocenters. The van der Waals surface area contributed by atoms with Gasteiger partial charge in [0.15, 0.2) is 0 Å². The van der Waals surface area contributed by atoms with E-state index in [4.69, 9.17) is 17.3 Å². The fourth-order valence-electron chi connectivity index (χ4n) is 1.80. The summed E-state index contributed by atoms with van der Waals surface area (Å²) >= 11 is 11.2. The van der Waals surface area contributed by atoms with E-state index in [1.165, 1.54) is 0 Å². The summed E-state index contributed by atoms with van der Waals surface area (Å²) in [5.41, 5.74) is 10.8. The van der Waals surface area contributed by atoms with Crippen molar-refractivity contribution < 1.29 is 0 Å². The molecule has 1 atom stereocenters. The molecule has 0 saturated heterocycles. The Kier molecular flexibility index (Phi) is 3.93. The van der Waals surface area contributed by atoms with E-state index in [2.05, 4.69) is 33.4 Å². The molecule has 4 heteroatoms. The lowest BCUT2D eigenvalue weighted by atomic mass is 9.96. The number of halogens is 2. The molecule has 90 valence electrons. The Labute approximate surface area is 119 Å². The predicted octanol–water partition coefficient (Wildman–Crippen LogP) is 4.83. The largest absolute Gasteiger partial charge is 0.320 e. The SMILES string of the molecule is Cc1cc(C(N)c2csc(Br)c2)c(C)cc1Cl. The molecule has 1 heterocycles. The van der Waals surface area contributed by atoms with Crippen LogP contribution >= 0.6 is 38.9 Å². The Bertz CT molecular complexity index is 550. The Balaban J connectivity index is 2.43. The maximum Gasteiger partial charge on any atom is 0.0701 e. The van der Waals surface area contributed by atoms with Crippen LogP contribution in [0.2, 0.25) is 5.02 Å². The topological polar surface area (TPSA) is 26.0 Å². The molecule has 0 aliphatic rings. The van der Waals surface area contributed by atoms with E-state index in [9.17, 15) is 0 Å². The summed E-state index contributed by atoms with van der Waals surface area (Å²) in [6.45, 7) is 4.05. The maximum atomic E-state index is 6.29. The van der Waals surface area contributed by atoms with Crippen LogP contribution in [0, 0.1) is 13.8 Å². The molecule has 1 aromatic carbocycles. The molecule has 0 bridgehead atoms. The smallest absolute Gasteiger partial charge is 0.0701 e. The van der Waals surface area contributed by atoms with Gasteiger partial charge in [0.2, 0.25) is 0 Å². The Morgan fingerprint density at radius 3 is 2.53 bits per heavy atom. The molecule has 2 rings (SSSR count). The summed E-state index contributed by atoms with van der Waals surface area (Å²) in [7, 11) is 0. The first-order valence-electron chi connectivity index (χ1n) is 5.25. The molecule has 17 heavy (non-hydrogen) atoms. The van der Waals surface area contributed by atoms with Crippen molar-refractivity contribution in [1.82, 2.24) is 0 Å². The maximum absolute atomic E-state index is 6.29. The first kappa shape index (κ1) is 13.1. The number of rotatable bonds is 2. The molecule has 2 N–H and O–H groups in total. The number of aryl methyl sites for hydroxylation is 2. The van der Waals surface area contributed by atoms with Crippen molar-refractivity contribution in [3.05, 3.63) is 54.6 Å². The highest BCUT2D eigenvalue weighted by atomic mass is 79.9. The van der Waals surface area contributed by atoms with Crippen LogP contribution in [0.4, 0.5) is 0 Å². The van der Waals surface area contributed by atoms with E-state index in [0.717, 1.165) is 31.1 Å². The zero-order valence-corrected chi connectivity index (χ0v) is 12.8. The van der Waals surface area contributed by atoms with Gasteiger partial charge in [0, 0.05) is 5.02 Å². The number of hydrogen-bond donors (Lipinski definition) is 1. The van der Waals surface area contributed by atoms with Crippen LogP contribution in [-0.4, -0.2) is 0 Å². The van der Waals surface area contributed by atoms with Gasteiger partial charge in [-0.05, 0) is 69.5 Å². The summed E-state index contributed by atoms with van der Waals surface area (Å²) < 4.78 is 1.10. The predicted molar refractivity (Wildman–Crippen MR) is 79.0 cm³/mol. The molecule has 2 aromatic rings. The van der Waals surface area contributed by atoms with Crippen molar-refractivity contribution in [3.8, 4) is 0 Å². The Morgan fingerprint density at radius 1 is 1.24 bits per heavy atom. The second-order valence-electron chi connectivity index (χ2n) is 4.12. The molecule has 0 saturated carbocycles. The monoisotopic (exact) mass is 329 g/mol. The van der Waals surface area contributed by atoms with Gasteiger partial charge in [-0.3, -0.25) is 0 Å². The van der Waals surface area contributed by atoms with Crippen molar-refractivity contribution in [1.29, 1.82) is 0 Å². The van der Waals surface area contributed by atoms with E-state index in [-0.39, 0.29) is 6.04 Å². The number of benzene rings is 1. The zero-order valence-electron chi connectivity index (χ0n) is 9.63. The normalized spacial score (nSPS) is 12.8. The molecule has 0 spiro atoms. The lowest BCUT2D eigenvalue weighted by Gasteiger charge is -2.15. The van der Waals surface area contributed by atoms with Gasteiger partial charge >= 0.3 is 0 Å². The van der Waals surface area contributed by atoms with Gasteiger partial charge in [0.05, 0.1) is 9.83 Å². The van der Waals surface area contributed by atoms with Gasteiger partial charge < -0.3 is 5.73 Å². The van der Waals surface area contributed by atoms with E-state index >= 15 is 0 Å². The number of hydrogen-bond acceptors (Lipinski definition) is 2. The van der Waals surface area contributed by atoms with E-state index < -0.39 is 0 Å². The van der Waals surface area contributed by atoms with E-state index in [0.29, 0.717) is 0 Å². The van der Waals surface area contributed by atoms with E-state index in [1.54, 1.807) is 11.3 Å². The zero-order chi connectivity index (χ0) is 12.6. The van der Waals surface area contributed by atoms with Gasteiger partial charge in [-0.25, -0.2) is 0 Å². The molecule has 1 aromatic heterocycles. The van der Waals surface area contributed by atoms with Crippen molar-refractivity contribution >= 4 is 38.9 Å². The third kappa shape index (κ3) is 2.74. The number of thiophene rings is 1. The highest BCUT2D eigenvalue weighted by Crippen LogP contribution is 2.31. The van der Waals surface area contributed by atoms with Crippen LogP contribution in [0.5, 0.6) is 0 Å². The van der Waals surface area contributed by atoms with Crippen molar-refractivity contribution in [2.75, 3.05) is 0 Å². The highest BCUT2D eigenvalue weighted by Gasteiger charge is 2.14. The fourth-order valence-corrected chi connectivity index (χ4v) is 3.23. The molecule has 0 radical (unpaired) electrons. The van der Waals surface area contributed by atoms with Crippen molar-refractivity contribution in [3.63, 3.8) is 0 Å². The van der Waals surface area contributed by atoms with Crippen LogP contribution < -0.4 is 5.73 Å². The standard InChI is InChI=1S/C13H13BrClNS/c1-7-4-11(15)8(2)3-10(7)13(16)9-5-12(14)17-6-9/h3-6,13H,16H2,1-2H3. The molecule has 0 fully saturated rings. The summed E-state index contributed by atoms with van der Waals surface area (Å²) in [6.07, 6.45) is 0. The third-order valence-corrected chi connectivity index (χ3v) is 4.76. The van der Waals surface area contributed by atoms with Crippen molar-refractivity contribution in [2.45, 2.75) is 19.9 Å². The van der Waals surface area contributed by atoms with Crippen LogP contribution in [0.15, 0.2) is 27.4 Å². The van der Waals surface area contributed by atoms with E-state index in [1.807, 2.05) is 19.9 Å². The molecular weight excluding hydrogens is 318 g/mol. The summed E-state index contributed by atoms with van der Waals surface area (Å²) in [5.74, 6) is 0. The van der Waals surface area contributed by atoms with Gasteiger partial charge in [-0.15, -0.1) is 11.3 Å². The Morgan fingerprint density at radius 2 is 1.94 bits per heavy atom. The third-order valence-electron chi connectivity index (χ3n) is 2.83. The minimum atomic E-state index is -0.0893. The number of nitrogens with two attached hydrogens (primary N) is 1. The quantitative estimate of drug-likeness (QED) is 0.838. The van der Waals surface area contributed by atoms with Gasteiger partial charge in [0.1, 0.15) is 0 Å². The second kappa shape index (κ2) is 5.11. The first-order chi connectivity index (χ1) is 7.99. The molecule has 1 nitrogen and oxygen atoms in total. The lowest BCUT2D eigenvalue weighted by molar-refractivity contribution is 0.864. The summed E-state index contributed by atoms with van der Waals surface area (Å²) in [5, 5.41) is 2.88. The van der Waals surface area contributed by atoms with Crippen LogP contribution in [0.25, 0.3) is 0 Å². The summed E-state index contributed by atoms with van der Waals surface area (Å²) in [4.78, 5) is 0.